The summed E-state index contributed by atoms with van der Waals surface area (Å²) in [5.41, 5.74) is 1.87. The van der Waals surface area contributed by atoms with Gasteiger partial charge in [-0.05, 0) is 49.2 Å². The number of amides is 1. The zero-order chi connectivity index (χ0) is 19.3. The lowest BCUT2D eigenvalue weighted by atomic mass is 10.2. The van der Waals surface area contributed by atoms with Crippen LogP contribution in [-0.2, 0) is 21.4 Å². The van der Waals surface area contributed by atoms with E-state index in [0.29, 0.717) is 11.4 Å². The first-order chi connectivity index (χ1) is 12.9. The molecule has 146 valence electrons. The van der Waals surface area contributed by atoms with Crippen LogP contribution in [0.1, 0.15) is 25.0 Å². The van der Waals surface area contributed by atoms with E-state index in [-0.39, 0.29) is 25.4 Å². The lowest BCUT2D eigenvalue weighted by Crippen LogP contribution is -2.32. The Kier molecular flexibility index (Phi) is 6.18. The summed E-state index contributed by atoms with van der Waals surface area (Å²) >= 11 is 0. The van der Waals surface area contributed by atoms with Crippen LogP contribution in [0.15, 0.2) is 47.1 Å². The summed E-state index contributed by atoms with van der Waals surface area (Å²) in [5.74, 6) is 0.315. The molecule has 1 aromatic heterocycles. The lowest BCUT2D eigenvalue weighted by molar-refractivity contribution is -0.116. The smallest absolute Gasteiger partial charge is 0.225 e. The van der Waals surface area contributed by atoms with Crippen molar-refractivity contribution in [2.45, 2.75) is 25.8 Å². The predicted molar refractivity (Wildman–Crippen MR) is 105 cm³/mol. The number of rotatable bonds is 8. The first kappa shape index (κ1) is 19.4. The highest BCUT2D eigenvalue weighted by Gasteiger charge is 2.19. The van der Waals surface area contributed by atoms with Gasteiger partial charge in [-0.1, -0.05) is 0 Å². The van der Waals surface area contributed by atoms with Gasteiger partial charge in [0.05, 0.1) is 19.1 Å². The Morgan fingerprint density at radius 2 is 1.89 bits per heavy atom. The van der Waals surface area contributed by atoms with Crippen molar-refractivity contribution in [3.63, 3.8) is 0 Å². The van der Waals surface area contributed by atoms with Crippen LogP contribution in [0.25, 0.3) is 0 Å². The van der Waals surface area contributed by atoms with E-state index in [0.717, 1.165) is 25.0 Å². The summed E-state index contributed by atoms with van der Waals surface area (Å²) in [6.45, 7) is 2.35. The van der Waals surface area contributed by atoms with Crippen molar-refractivity contribution >= 4 is 27.3 Å². The summed E-state index contributed by atoms with van der Waals surface area (Å²) in [6, 6.07) is 11.2. The van der Waals surface area contributed by atoms with E-state index in [1.165, 1.54) is 23.4 Å². The first-order valence-corrected chi connectivity index (χ1v) is 10.9. The Morgan fingerprint density at radius 1 is 1.19 bits per heavy atom. The fourth-order valence-electron chi connectivity index (χ4n) is 3.12. The molecule has 1 aliphatic heterocycles. The molecule has 8 heteroatoms. The number of carbonyl (C=O) groups excluding carboxylic acids is 1. The van der Waals surface area contributed by atoms with Crippen LogP contribution in [0.5, 0.6) is 0 Å². The summed E-state index contributed by atoms with van der Waals surface area (Å²) in [6.07, 6.45) is 5.13. The highest BCUT2D eigenvalue weighted by molar-refractivity contribution is 7.88. The number of furan rings is 1. The molecule has 1 amide bonds. The van der Waals surface area contributed by atoms with Crippen LogP contribution in [-0.4, -0.2) is 44.5 Å². The third-order valence-corrected chi connectivity index (χ3v) is 5.84. The number of anilines is 2. The highest BCUT2D eigenvalue weighted by Crippen LogP contribution is 2.22. The molecule has 0 saturated carbocycles. The molecule has 0 spiro atoms. The lowest BCUT2D eigenvalue weighted by Gasteiger charge is -2.19. The molecule has 1 aliphatic rings. The Morgan fingerprint density at radius 3 is 2.48 bits per heavy atom. The van der Waals surface area contributed by atoms with Crippen LogP contribution in [0.3, 0.4) is 0 Å². The van der Waals surface area contributed by atoms with E-state index in [1.807, 2.05) is 24.3 Å². The zero-order valence-corrected chi connectivity index (χ0v) is 16.2. The minimum absolute atomic E-state index is 0.0711. The van der Waals surface area contributed by atoms with E-state index in [9.17, 15) is 13.2 Å². The van der Waals surface area contributed by atoms with Crippen LogP contribution in [0.2, 0.25) is 0 Å². The van der Waals surface area contributed by atoms with Crippen LogP contribution in [0.4, 0.5) is 11.4 Å². The average molecular weight is 391 g/mol. The maximum atomic E-state index is 12.2. The predicted octanol–water partition coefficient (Wildman–Crippen LogP) is 2.67. The van der Waals surface area contributed by atoms with E-state index in [4.69, 9.17) is 4.42 Å². The molecule has 3 rings (SSSR count). The van der Waals surface area contributed by atoms with Gasteiger partial charge in [0.15, 0.2) is 0 Å². The minimum atomic E-state index is -3.44. The number of hydrogen-bond donors (Lipinski definition) is 1. The maximum Gasteiger partial charge on any atom is 0.225 e. The molecule has 27 heavy (non-hydrogen) atoms. The van der Waals surface area contributed by atoms with Gasteiger partial charge in [0, 0.05) is 37.4 Å². The number of hydrogen-bond acceptors (Lipinski definition) is 5. The van der Waals surface area contributed by atoms with Crippen molar-refractivity contribution in [1.82, 2.24) is 4.31 Å². The van der Waals surface area contributed by atoms with Crippen molar-refractivity contribution in [1.29, 1.82) is 0 Å². The Bertz CT molecular complexity index is 842. The second-order valence-corrected chi connectivity index (χ2v) is 8.70. The molecule has 2 heterocycles. The highest BCUT2D eigenvalue weighted by atomic mass is 32.2. The van der Waals surface area contributed by atoms with E-state index >= 15 is 0 Å². The molecule has 0 atom stereocenters. The second kappa shape index (κ2) is 8.58. The van der Waals surface area contributed by atoms with Crippen LogP contribution in [0, 0.1) is 0 Å². The van der Waals surface area contributed by atoms with Gasteiger partial charge in [0.2, 0.25) is 15.9 Å². The van der Waals surface area contributed by atoms with Crippen molar-refractivity contribution in [3.05, 3.63) is 48.4 Å². The molecular formula is C19H25N3O4S. The molecule has 1 aromatic carbocycles. The number of sulfonamides is 1. The molecule has 1 N–H and O–H groups in total. The van der Waals surface area contributed by atoms with Gasteiger partial charge < -0.3 is 14.6 Å². The van der Waals surface area contributed by atoms with Crippen molar-refractivity contribution in [2.75, 3.05) is 36.1 Å². The largest absolute Gasteiger partial charge is 0.468 e. The van der Waals surface area contributed by atoms with Crippen LogP contribution >= 0.6 is 0 Å². The molecule has 1 fully saturated rings. The SMILES string of the molecule is CS(=O)(=O)N(CCC(=O)Nc1ccc(N2CCCC2)cc1)Cc1ccco1. The average Bonchev–Trinajstić information content (AvgIpc) is 3.32. The quantitative estimate of drug-likeness (QED) is 0.748. The molecule has 0 bridgehead atoms. The van der Waals surface area contributed by atoms with E-state index < -0.39 is 10.0 Å². The minimum Gasteiger partial charge on any atom is -0.468 e. The van der Waals surface area contributed by atoms with Gasteiger partial charge in [0.1, 0.15) is 5.76 Å². The first-order valence-electron chi connectivity index (χ1n) is 9.04. The van der Waals surface area contributed by atoms with Gasteiger partial charge in [-0.3, -0.25) is 4.79 Å². The second-order valence-electron chi connectivity index (χ2n) is 6.72. The molecule has 0 unspecified atom stereocenters. The molecule has 7 nitrogen and oxygen atoms in total. The third-order valence-electron chi connectivity index (χ3n) is 4.59. The van der Waals surface area contributed by atoms with Crippen molar-refractivity contribution in [2.24, 2.45) is 0 Å². The van der Waals surface area contributed by atoms with Gasteiger partial charge in [-0.25, -0.2) is 8.42 Å². The molecule has 2 aromatic rings. The molecule has 1 saturated heterocycles. The summed E-state index contributed by atoms with van der Waals surface area (Å²) < 4.78 is 30.3. The Labute approximate surface area is 160 Å². The number of nitrogens with zero attached hydrogens (tertiary/aromatic N) is 2. The topological polar surface area (TPSA) is 82.9 Å². The summed E-state index contributed by atoms with van der Waals surface area (Å²) in [5, 5.41) is 2.82. The normalized spacial score (nSPS) is 14.7. The maximum absolute atomic E-state index is 12.2. The van der Waals surface area contributed by atoms with Crippen LogP contribution < -0.4 is 10.2 Å². The third kappa shape index (κ3) is 5.58. The fourth-order valence-corrected chi connectivity index (χ4v) is 3.90. The summed E-state index contributed by atoms with van der Waals surface area (Å²) in [7, 11) is -3.44. The zero-order valence-electron chi connectivity index (χ0n) is 15.4. The van der Waals surface area contributed by atoms with Crippen molar-refractivity contribution in [3.8, 4) is 0 Å². The van der Waals surface area contributed by atoms with Gasteiger partial charge in [-0.15, -0.1) is 0 Å². The Balaban J connectivity index is 1.53. The molecule has 0 radical (unpaired) electrons. The molecule has 0 aliphatic carbocycles. The number of carbonyl (C=O) groups is 1. The van der Waals surface area contributed by atoms with E-state index in [2.05, 4.69) is 10.2 Å². The molecular weight excluding hydrogens is 366 g/mol. The standard InChI is InChI=1S/C19H25N3O4S/c1-27(24,25)22(15-18-5-4-14-26-18)13-10-19(23)20-16-6-8-17(9-7-16)21-11-2-3-12-21/h4-9,14H,2-3,10-13,15H2,1H3,(H,20,23). The van der Waals surface area contributed by atoms with Gasteiger partial charge in [-0.2, -0.15) is 4.31 Å². The fraction of sp³-hybridized carbons (Fsp3) is 0.421. The number of nitrogens with one attached hydrogen (secondary N) is 1. The van der Waals surface area contributed by atoms with Gasteiger partial charge in [0.25, 0.3) is 0 Å². The summed E-state index contributed by atoms with van der Waals surface area (Å²) in [4.78, 5) is 14.5. The van der Waals surface area contributed by atoms with E-state index in [1.54, 1.807) is 12.1 Å². The van der Waals surface area contributed by atoms with Crippen molar-refractivity contribution < 1.29 is 17.6 Å². The monoisotopic (exact) mass is 391 g/mol. The van der Waals surface area contributed by atoms with Gasteiger partial charge >= 0.3 is 0 Å². The number of benzene rings is 1. The Hall–Kier alpha value is -2.32.